The van der Waals surface area contributed by atoms with Crippen LogP contribution in [0.5, 0.6) is 17.2 Å². The molecule has 0 bridgehead atoms. The molecule has 0 unspecified atom stereocenters. The van der Waals surface area contributed by atoms with Gasteiger partial charge in [0.05, 0.1) is 21.3 Å². The lowest BCUT2D eigenvalue weighted by molar-refractivity contribution is -0.147. The summed E-state index contributed by atoms with van der Waals surface area (Å²) < 4.78 is 15.5. The van der Waals surface area contributed by atoms with Crippen LogP contribution in [0.4, 0.5) is 11.4 Å². The number of amides is 3. The number of nitrogens with one attached hydrogen (secondary N) is 1. The van der Waals surface area contributed by atoms with Crippen molar-refractivity contribution in [1.29, 1.82) is 0 Å². The molecule has 1 heterocycles. The van der Waals surface area contributed by atoms with Crippen LogP contribution in [-0.4, -0.2) is 63.6 Å². The summed E-state index contributed by atoms with van der Waals surface area (Å²) >= 11 is 0. The minimum atomic E-state index is -0.735. The number of piperazine rings is 1. The van der Waals surface area contributed by atoms with Crippen molar-refractivity contribution in [3.8, 4) is 17.2 Å². The highest BCUT2D eigenvalue weighted by Crippen LogP contribution is 2.32. The van der Waals surface area contributed by atoms with E-state index in [0.29, 0.717) is 28.6 Å². The number of benzene rings is 2. The molecule has 1 aliphatic heterocycles. The third-order valence-corrected chi connectivity index (χ3v) is 4.70. The molecule has 0 atom stereocenters. The zero-order valence-electron chi connectivity index (χ0n) is 17.0. The lowest BCUT2D eigenvalue weighted by atomic mass is 10.2. The maximum atomic E-state index is 12.6. The molecule has 3 amide bonds. The van der Waals surface area contributed by atoms with E-state index < -0.39 is 11.8 Å². The van der Waals surface area contributed by atoms with E-state index in [0.717, 1.165) is 0 Å². The average Bonchev–Trinajstić information content (AvgIpc) is 2.77. The second-order valence-electron chi connectivity index (χ2n) is 6.50. The van der Waals surface area contributed by atoms with Crippen LogP contribution in [-0.2, 0) is 14.4 Å². The summed E-state index contributed by atoms with van der Waals surface area (Å²) in [5.41, 5.74) is 1.09. The Hall–Kier alpha value is -3.75. The minimum absolute atomic E-state index is 0.212. The Labute approximate surface area is 174 Å². The smallest absolute Gasteiger partial charge is 0.316 e. The highest BCUT2D eigenvalue weighted by molar-refractivity contribution is 6.41. The summed E-state index contributed by atoms with van der Waals surface area (Å²) in [7, 11) is 4.56. The van der Waals surface area contributed by atoms with Gasteiger partial charge in [-0.15, -0.1) is 0 Å². The first-order valence-corrected chi connectivity index (χ1v) is 9.23. The normalized spacial score (nSPS) is 13.8. The Kier molecular flexibility index (Phi) is 6.41. The molecule has 1 fully saturated rings. The number of ether oxygens (including phenoxy) is 3. The SMILES string of the molecule is COc1ccc(NC(=O)CN2CCN(c3ccc(OC)c(OC)c3)C(=O)C2=O)cc1. The van der Waals surface area contributed by atoms with Gasteiger partial charge in [0.1, 0.15) is 12.3 Å². The Morgan fingerprint density at radius 1 is 0.900 bits per heavy atom. The van der Waals surface area contributed by atoms with Crippen LogP contribution in [0.15, 0.2) is 42.5 Å². The summed E-state index contributed by atoms with van der Waals surface area (Å²) in [4.78, 5) is 40.1. The molecule has 30 heavy (non-hydrogen) atoms. The summed E-state index contributed by atoms with van der Waals surface area (Å²) in [6.45, 7) is 0.279. The molecule has 9 nitrogen and oxygen atoms in total. The number of carbonyl (C=O) groups excluding carboxylic acids is 3. The van der Waals surface area contributed by atoms with Crippen molar-refractivity contribution in [2.75, 3.05) is 51.2 Å². The van der Waals surface area contributed by atoms with Gasteiger partial charge in [-0.2, -0.15) is 0 Å². The van der Waals surface area contributed by atoms with Crippen LogP contribution in [0.3, 0.4) is 0 Å². The lowest BCUT2D eigenvalue weighted by Crippen LogP contribution is -2.56. The van der Waals surface area contributed by atoms with Crippen molar-refractivity contribution in [2.24, 2.45) is 0 Å². The molecule has 0 saturated carbocycles. The van der Waals surface area contributed by atoms with Gasteiger partial charge in [-0.1, -0.05) is 0 Å². The van der Waals surface area contributed by atoms with Crippen LogP contribution in [0.1, 0.15) is 0 Å². The Morgan fingerprint density at radius 3 is 2.23 bits per heavy atom. The van der Waals surface area contributed by atoms with Crippen LogP contribution in [0.2, 0.25) is 0 Å². The number of hydrogen-bond donors (Lipinski definition) is 1. The number of hydrogen-bond acceptors (Lipinski definition) is 6. The fourth-order valence-corrected chi connectivity index (χ4v) is 3.11. The van der Waals surface area contributed by atoms with Crippen LogP contribution >= 0.6 is 0 Å². The van der Waals surface area contributed by atoms with E-state index >= 15 is 0 Å². The molecule has 2 aromatic rings. The fraction of sp³-hybridized carbons (Fsp3) is 0.286. The van der Waals surface area contributed by atoms with E-state index in [1.807, 2.05) is 0 Å². The number of nitrogens with zero attached hydrogens (tertiary/aromatic N) is 2. The van der Waals surface area contributed by atoms with Crippen molar-refractivity contribution in [3.63, 3.8) is 0 Å². The molecule has 158 valence electrons. The Balaban J connectivity index is 1.63. The predicted octanol–water partition coefficient (Wildman–Crippen LogP) is 1.53. The second-order valence-corrected chi connectivity index (χ2v) is 6.50. The van der Waals surface area contributed by atoms with Crippen molar-refractivity contribution in [3.05, 3.63) is 42.5 Å². The molecule has 0 radical (unpaired) electrons. The monoisotopic (exact) mass is 413 g/mol. The maximum Gasteiger partial charge on any atom is 0.316 e. The number of methoxy groups -OCH3 is 3. The first kappa shape index (κ1) is 21.0. The molecule has 0 spiro atoms. The van der Waals surface area contributed by atoms with Gasteiger partial charge in [-0.05, 0) is 36.4 Å². The summed E-state index contributed by atoms with van der Waals surface area (Å²) in [5, 5.41) is 2.70. The minimum Gasteiger partial charge on any atom is -0.497 e. The number of carbonyl (C=O) groups is 3. The molecule has 1 N–H and O–H groups in total. The van der Waals surface area contributed by atoms with Gasteiger partial charge in [0.25, 0.3) is 0 Å². The molecular weight excluding hydrogens is 390 g/mol. The Bertz CT molecular complexity index is 944. The first-order valence-electron chi connectivity index (χ1n) is 9.23. The molecule has 0 aromatic heterocycles. The van der Waals surface area contributed by atoms with E-state index in [1.54, 1.807) is 49.6 Å². The van der Waals surface area contributed by atoms with Gasteiger partial charge in [-0.25, -0.2) is 0 Å². The second kappa shape index (κ2) is 9.17. The van der Waals surface area contributed by atoms with E-state index in [2.05, 4.69) is 5.32 Å². The molecule has 1 aliphatic rings. The van der Waals surface area contributed by atoms with Crippen LogP contribution < -0.4 is 24.4 Å². The largest absolute Gasteiger partial charge is 0.497 e. The highest BCUT2D eigenvalue weighted by atomic mass is 16.5. The summed E-state index contributed by atoms with van der Waals surface area (Å²) in [6.07, 6.45) is 0. The van der Waals surface area contributed by atoms with Crippen molar-refractivity contribution >= 4 is 29.1 Å². The third kappa shape index (κ3) is 4.45. The Morgan fingerprint density at radius 2 is 1.60 bits per heavy atom. The van der Waals surface area contributed by atoms with Gasteiger partial charge >= 0.3 is 11.8 Å². The van der Waals surface area contributed by atoms with E-state index in [1.165, 1.54) is 24.0 Å². The first-order chi connectivity index (χ1) is 14.5. The van der Waals surface area contributed by atoms with Crippen molar-refractivity contribution in [1.82, 2.24) is 4.90 Å². The quantitative estimate of drug-likeness (QED) is 0.692. The van der Waals surface area contributed by atoms with E-state index in [4.69, 9.17) is 14.2 Å². The van der Waals surface area contributed by atoms with Crippen LogP contribution in [0, 0.1) is 0 Å². The topological polar surface area (TPSA) is 97.4 Å². The predicted molar refractivity (Wildman–Crippen MR) is 110 cm³/mol. The van der Waals surface area contributed by atoms with Crippen molar-refractivity contribution in [2.45, 2.75) is 0 Å². The number of anilines is 2. The summed E-state index contributed by atoms with van der Waals surface area (Å²) in [6, 6.07) is 11.8. The zero-order valence-corrected chi connectivity index (χ0v) is 17.0. The average molecular weight is 413 g/mol. The molecular formula is C21H23N3O6. The van der Waals surface area contributed by atoms with Crippen molar-refractivity contribution < 1.29 is 28.6 Å². The zero-order chi connectivity index (χ0) is 21.7. The molecule has 9 heteroatoms. The third-order valence-electron chi connectivity index (χ3n) is 4.70. The van der Waals surface area contributed by atoms with E-state index in [-0.39, 0.29) is 25.5 Å². The lowest BCUT2D eigenvalue weighted by Gasteiger charge is -2.33. The van der Waals surface area contributed by atoms with Gasteiger partial charge in [0.2, 0.25) is 5.91 Å². The molecule has 2 aromatic carbocycles. The molecule has 1 saturated heterocycles. The number of rotatable bonds is 7. The van der Waals surface area contributed by atoms with Crippen LogP contribution in [0.25, 0.3) is 0 Å². The molecule has 0 aliphatic carbocycles. The fourth-order valence-electron chi connectivity index (χ4n) is 3.11. The van der Waals surface area contributed by atoms with E-state index in [9.17, 15) is 14.4 Å². The standard InChI is InChI=1S/C21H23N3O6/c1-28-16-7-4-14(5-8-16)22-19(25)13-23-10-11-24(21(27)20(23)26)15-6-9-17(29-2)18(12-15)30-3/h4-9,12H,10-11,13H2,1-3H3,(H,22,25). The van der Waals surface area contributed by atoms with Gasteiger partial charge < -0.3 is 29.3 Å². The summed E-state index contributed by atoms with van der Waals surface area (Å²) in [5.74, 6) is -0.182. The maximum absolute atomic E-state index is 12.6. The highest BCUT2D eigenvalue weighted by Gasteiger charge is 2.34. The van der Waals surface area contributed by atoms with Gasteiger partial charge in [-0.3, -0.25) is 14.4 Å². The van der Waals surface area contributed by atoms with Gasteiger partial charge in [0, 0.05) is 30.5 Å². The van der Waals surface area contributed by atoms with Gasteiger partial charge in [0.15, 0.2) is 11.5 Å². The molecule has 3 rings (SSSR count).